The zero-order valence-electron chi connectivity index (χ0n) is 16.4. The fraction of sp³-hybridized carbons (Fsp3) is 0.350. The van der Waals surface area contributed by atoms with Gasteiger partial charge in [0.25, 0.3) is 5.91 Å². The van der Waals surface area contributed by atoms with Crippen LogP contribution in [0, 0.1) is 5.82 Å². The summed E-state index contributed by atoms with van der Waals surface area (Å²) in [6.07, 6.45) is -3.19. The highest BCUT2D eigenvalue weighted by Crippen LogP contribution is 2.36. The third-order valence-corrected chi connectivity index (χ3v) is 5.25. The predicted octanol–water partition coefficient (Wildman–Crippen LogP) is 4.14. The average molecular weight is 457 g/mol. The van der Waals surface area contributed by atoms with Crippen LogP contribution in [0.3, 0.4) is 0 Å². The smallest absolute Gasteiger partial charge is 0.348 e. The number of nitrogens with one attached hydrogen (secondary N) is 1. The number of nitrogens with zero attached hydrogens (tertiary/aromatic N) is 4. The number of amides is 1. The van der Waals surface area contributed by atoms with Gasteiger partial charge in [-0.05, 0) is 42.7 Å². The second-order valence-corrected chi connectivity index (χ2v) is 7.40. The van der Waals surface area contributed by atoms with Gasteiger partial charge >= 0.3 is 12.1 Å². The second-order valence-electron chi connectivity index (χ2n) is 7.40. The lowest BCUT2D eigenvalue weighted by Gasteiger charge is -2.26. The molecule has 6 nitrogen and oxygen atoms in total. The quantitative estimate of drug-likeness (QED) is 0.586. The summed E-state index contributed by atoms with van der Waals surface area (Å²) in [6, 6.07) is 9.20. The Morgan fingerprint density at radius 2 is 1.94 bits per heavy atom. The Bertz CT molecular complexity index is 1140. The van der Waals surface area contributed by atoms with E-state index in [4.69, 9.17) is 0 Å². The summed E-state index contributed by atoms with van der Waals surface area (Å²) in [7, 11) is 0. The molecule has 0 saturated carbocycles. The number of carbonyl (C=O) groups excluding carboxylic acids is 1. The minimum atomic E-state index is -5.78. The number of alkyl halides is 5. The van der Waals surface area contributed by atoms with Gasteiger partial charge in [-0.1, -0.05) is 12.1 Å². The van der Waals surface area contributed by atoms with E-state index in [-0.39, 0.29) is 23.2 Å². The average Bonchev–Trinajstić information content (AvgIpc) is 3.38. The monoisotopic (exact) mass is 457 g/mol. The molecular weight excluding hydrogens is 440 g/mol. The number of anilines is 1. The van der Waals surface area contributed by atoms with Crippen LogP contribution >= 0.6 is 0 Å². The minimum absolute atomic E-state index is 0.165. The van der Waals surface area contributed by atoms with Crippen LogP contribution in [-0.2, 0) is 0 Å². The van der Waals surface area contributed by atoms with Crippen LogP contribution in [0.5, 0.6) is 0 Å². The zero-order valence-corrected chi connectivity index (χ0v) is 16.4. The maximum Gasteiger partial charge on any atom is 0.455 e. The van der Waals surface area contributed by atoms with Crippen molar-refractivity contribution in [1.82, 2.24) is 19.9 Å². The molecule has 1 aromatic carbocycles. The normalized spacial score (nSPS) is 17.2. The number of aromatic nitrogens is 3. The Morgan fingerprint density at radius 3 is 2.66 bits per heavy atom. The number of hydrogen-bond acceptors (Lipinski definition) is 4. The third-order valence-electron chi connectivity index (χ3n) is 5.25. The number of imidazole rings is 1. The number of carbonyl (C=O) groups is 1. The fourth-order valence-electron chi connectivity index (χ4n) is 3.66. The van der Waals surface area contributed by atoms with Crippen LogP contribution in [0.4, 0.5) is 32.2 Å². The van der Waals surface area contributed by atoms with Gasteiger partial charge in [0.05, 0.1) is 18.8 Å². The molecule has 3 heterocycles. The standard InChI is InChI=1S/C20H17F6N5O/c21-13-4-1-3-12(9-13)14-5-2-8-30(14)17-7-6-16-27-10-15(31(16)29-17)18(32)28-11-19(22,23)20(24,25)26/h1,3-4,6-7,9-10,14H,2,5,8,11H2,(H,28,32)/t14-/m1/s1. The Labute approximate surface area is 177 Å². The lowest BCUT2D eigenvalue weighted by molar-refractivity contribution is -0.278. The first-order chi connectivity index (χ1) is 15.1. The highest BCUT2D eigenvalue weighted by Gasteiger charge is 2.57. The molecule has 1 N–H and O–H groups in total. The molecule has 0 spiro atoms. The van der Waals surface area contributed by atoms with E-state index in [2.05, 4.69) is 10.1 Å². The van der Waals surface area contributed by atoms with E-state index in [9.17, 15) is 31.1 Å². The molecule has 1 aliphatic heterocycles. The molecule has 1 fully saturated rings. The van der Waals surface area contributed by atoms with Gasteiger partial charge in [0.15, 0.2) is 11.3 Å². The third kappa shape index (κ3) is 4.08. The number of rotatable bonds is 5. The van der Waals surface area contributed by atoms with Gasteiger partial charge < -0.3 is 10.2 Å². The van der Waals surface area contributed by atoms with Crippen molar-refractivity contribution in [2.45, 2.75) is 31.0 Å². The minimum Gasteiger partial charge on any atom is -0.348 e. The van der Waals surface area contributed by atoms with E-state index in [0.717, 1.165) is 29.1 Å². The Balaban J connectivity index is 1.59. The predicted molar refractivity (Wildman–Crippen MR) is 102 cm³/mol. The molecule has 1 amide bonds. The van der Waals surface area contributed by atoms with Crippen molar-refractivity contribution < 1.29 is 31.1 Å². The summed E-state index contributed by atoms with van der Waals surface area (Å²) in [5.74, 6) is -6.19. The van der Waals surface area contributed by atoms with Gasteiger partial charge in [0.2, 0.25) is 0 Å². The largest absolute Gasteiger partial charge is 0.455 e. The summed E-state index contributed by atoms with van der Waals surface area (Å²) in [6.45, 7) is -1.30. The summed E-state index contributed by atoms with van der Waals surface area (Å²) in [5.41, 5.74) is 0.673. The van der Waals surface area contributed by atoms with Crippen molar-refractivity contribution in [3.8, 4) is 0 Å². The van der Waals surface area contributed by atoms with Crippen LogP contribution in [0.25, 0.3) is 5.65 Å². The van der Waals surface area contributed by atoms with Crippen molar-refractivity contribution in [3.05, 3.63) is 59.7 Å². The lowest BCUT2D eigenvalue weighted by Crippen LogP contribution is -2.47. The summed E-state index contributed by atoms with van der Waals surface area (Å²) >= 11 is 0. The molecule has 0 bridgehead atoms. The second kappa shape index (κ2) is 7.99. The summed E-state index contributed by atoms with van der Waals surface area (Å²) in [4.78, 5) is 18.1. The molecule has 170 valence electrons. The summed E-state index contributed by atoms with van der Waals surface area (Å²) < 4.78 is 78.1. The summed E-state index contributed by atoms with van der Waals surface area (Å²) in [5, 5.41) is 5.93. The van der Waals surface area contributed by atoms with Crippen molar-refractivity contribution in [2.24, 2.45) is 0 Å². The van der Waals surface area contributed by atoms with Crippen LogP contribution in [0.2, 0.25) is 0 Å². The molecule has 32 heavy (non-hydrogen) atoms. The van der Waals surface area contributed by atoms with Gasteiger partial charge in [-0.25, -0.2) is 13.9 Å². The molecule has 0 aliphatic carbocycles. The van der Waals surface area contributed by atoms with Crippen LogP contribution < -0.4 is 10.2 Å². The molecule has 2 aromatic heterocycles. The molecule has 0 unspecified atom stereocenters. The van der Waals surface area contributed by atoms with Gasteiger partial charge in [-0.15, -0.1) is 5.10 Å². The van der Waals surface area contributed by atoms with Crippen LogP contribution in [-0.4, -0.2) is 45.7 Å². The molecule has 12 heteroatoms. The SMILES string of the molecule is O=C(NCC(F)(F)C(F)(F)F)c1cnc2ccc(N3CCC[C@@H]3c3cccc(F)c3)nn12. The molecule has 4 rings (SSSR count). The fourth-order valence-corrected chi connectivity index (χ4v) is 3.66. The van der Waals surface area contributed by atoms with Crippen molar-refractivity contribution in [3.63, 3.8) is 0 Å². The van der Waals surface area contributed by atoms with E-state index in [1.54, 1.807) is 29.6 Å². The number of fused-ring (bicyclic) bond motifs is 1. The Kier molecular flexibility index (Phi) is 5.47. The maximum atomic E-state index is 13.7. The number of halogens is 6. The molecule has 1 aliphatic rings. The highest BCUT2D eigenvalue weighted by molar-refractivity contribution is 5.93. The van der Waals surface area contributed by atoms with E-state index in [0.29, 0.717) is 12.4 Å². The number of benzene rings is 1. The topological polar surface area (TPSA) is 62.5 Å². The van der Waals surface area contributed by atoms with Crippen molar-refractivity contribution in [2.75, 3.05) is 18.0 Å². The Morgan fingerprint density at radius 1 is 1.16 bits per heavy atom. The maximum absolute atomic E-state index is 13.7. The zero-order chi connectivity index (χ0) is 23.1. The molecule has 0 radical (unpaired) electrons. The lowest BCUT2D eigenvalue weighted by atomic mass is 10.0. The first-order valence-corrected chi connectivity index (χ1v) is 9.66. The van der Waals surface area contributed by atoms with Crippen molar-refractivity contribution >= 4 is 17.4 Å². The van der Waals surface area contributed by atoms with Crippen LogP contribution in [0.15, 0.2) is 42.6 Å². The van der Waals surface area contributed by atoms with Gasteiger partial charge in [0.1, 0.15) is 11.6 Å². The van der Waals surface area contributed by atoms with Gasteiger partial charge in [0, 0.05) is 6.54 Å². The van der Waals surface area contributed by atoms with E-state index in [1.165, 1.54) is 12.1 Å². The van der Waals surface area contributed by atoms with Gasteiger partial charge in [-0.3, -0.25) is 4.79 Å². The van der Waals surface area contributed by atoms with Crippen LogP contribution in [0.1, 0.15) is 34.9 Å². The highest BCUT2D eigenvalue weighted by atomic mass is 19.4. The first kappa shape index (κ1) is 21.9. The molecule has 1 saturated heterocycles. The van der Waals surface area contributed by atoms with Gasteiger partial charge in [-0.2, -0.15) is 22.0 Å². The van der Waals surface area contributed by atoms with E-state index < -0.39 is 24.6 Å². The van der Waals surface area contributed by atoms with E-state index in [1.807, 2.05) is 4.90 Å². The first-order valence-electron chi connectivity index (χ1n) is 9.66. The molecule has 1 atom stereocenters. The van der Waals surface area contributed by atoms with Crippen molar-refractivity contribution in [1.29, 1.82) is 0 Å². The number of hydrogen-bond donors (Lipinski definition) is 1. The van der Waals surface area contributed by atoms with E-state index >= 15 is 0 Å². The Hall–Kier alpha value is -3.31. The molecular formula is C20H17F6N5O. The molecule has 3 aromatic rings.